The fraction of sp³-hybridized carbons (Fsp3) is 0.182. The lowest BCUT2D eigenvalue weighted by Crippen LogP contribution is -2.02. The number of hydrogen-bond acceptors (Lipinski definition) is 5. The molecule has 3 rings (SSSR count). The van der Waals surface area contributed by atoms with E-state index in [0.29, 0.717) is 22.6 Å². The summed E-state index contributed by atoms with van der Waals surface area (Å²) in [5, 5.41) is 9.34. The van der Waals surface area contributed by atoms with Crippen LogP contribution in [0.4, 0.5) is 8.78 Å². The van der Waals surface area contributed by atoms with Gasteiger partial charge in [-0.15, -0.1) is 16.4 Å². The van der Waals surface area contributed by atoms with Crippen LogP contribution in [-0.4, -0.2) is 24.7 Å². The Labute approximate surface area is 121 Å². The molecule has 0 bridgehead atoms. The van der Waals surface area contributed by atoms with Crippen molar-refractivity contribution in [3.8, 4) is 10.7 Å². The molecule has 3 heterocycles. The second kappa shape index (κ2) is 5.71. The first-order valence-electron chi connectivity index (χ1n) is 5.63. The van der Waals surface area contributed by atoms with Gasteiger partial charge in [-0.25, -0.2) is 9.97 Å². The molecule has 0 saturated carbocycles. The molecule has 1 N–H and O–H groups in total. The maximum Gasteiger partial charge on any atom is 0.319 e. The molecule has 5 nitrogen and oxygen atoms in total. The third kappa shape index (κ3) is 2.73. The van der Waals surface area contributed by atoms with Crippen molar-refractivity contribution >= 4 is 23.1 Å². The summed E-state index contributed by atoms with van der Waals surface area (Å²) in [6.45, 7) is -2.58. The zero-order valence-corrected chi connectivity index (χ0v) is 11.7. The Balaban J connectivity index is 1.68. The topological polar surface area (TPSA) is 59.4 Å². The van der Waals surface area contributed by atoms with E-state index >= 15 is 0 Å². The molecule has 20 heavy (non-hydrogen) atoms. The minimum atomic E-state index is -2.58. The van der Waals surface area contributed by atoms with E-state index in [4.69, 9.17) is 0 Å². The molecule has 3 aromatic rings. The largest absolute Gasteiger partial charge is 0.319 e. The molecule has 0 aliphatic rings. The van der Waals surface area contributed by atoms with E-state index in [1.165, 1.54) is 24.2 Å². The van der Waals surface area contributed by atoms with Crippen LogP contribution in [0.2, 0.25) is 0 Å². The predicted octanol–water partition coefficient (Wildman–Crippen LogP) is 3.42. The van der Waals surface area contributed by atoms with Gasteiger partial charge in [0.15, 0.2) is 5.82 Å². The van der Waals surface area contributed by atoms with Gasteiger partial charge in [-0.05, 0) is 11.4 Å². The number of H-pyrrole nitrogens is 1. The second-order valence-corrected chi connectivity index (χ2v) is 5.65. The molecule has 0 atom stereocenters. The van der Waals surface area contributed by atoms with Gasteiger partial charge in [0.05, 0.1) is 10.6 Å². The highest BCUT2D eigenvalue weighted by Gasteiger charge is 2.13. The number of nitrogens with zero attached hydrogens (tertiary/aromatic N) is 4. The van der Waals surface area contributed by atoms with Gasteiger partial charge in [-0.3, -0.25) is 9.67 Å². The first kappa shape index (κ1) is 13.3. The van der Waals surface area contributed by atoms with Gasteiger partial charge < -0.3 is 0 Å². The highest BCUT2D eigenvalue weighted by molar-refractivity contribution is 7.98. The number of alkyl halides is 2. The highest BCUT2D eigenvalue weighted by atomic mass is 32.2. The summed E-state index contributed by atoms with van der Waals surface area (Å²) in [6.07, 6.45) is 2.62. The van der Waals surface area contributed by atoms with Gasteiger partial charge in [0, 0.05) is 12.4 Å². The first-order chi connectivity index (χ1) is 9.74. The number of imidazole rings is 1. The summed E-state index contributed by atoms with van der Waals surface area (Å²) in [6, 6.07) is 3.86. The van der Waals surface area contributed by atoms with E-state index in [2.05, 4.69) is 20.2 Å². The molecule has 0 amide bonds. The summed E-state index contributed by atoms with van der Waals surface area (Å²) in [4.78, 5) is 9.20. The van der Waals surface area contributed by atoms with Crippen molar-refractivity contribution in [1.82, 2.24) is 24.7 Å². The van der Waals surface area contributed by atoms with Gasteiger partial charge >= 0.3 is 6.55 Å². The maximum absolute atomic E-state index is 12.7. The van der Waals surface area contributed by atoms with Crippen LogP contribution in [0.25, 0.3) is 10.7 Å². The average molecular weight is 313 g/mol. The molecule has 0 spiro atoms. The number of rotatable bonds is 5. The number of aromatic nitrogens is 5. The second-order valence-electron chi connectivity index (χ2n) is 3.76. The summed E-state index contributed by atoms with van der Waals surface area (Å²) in [5.41, 5.74) is 0. The van der Waals surface area contributed by atoms with Crippen LogP contribution in [0.15, 0.2) is 35.1 Å². The SMILES string of the molecule is FC(F)n1ccnc1CSc1n[nH]c(-c2cccs2)n1. The Kier molecular flexibility index (Phi) is 3.79. The Morgan fingerprint density at radius 2 is 2.35 bits per heavy atom. The van der Waals surface area contributed by atoms with Gasteiger partial charge in [0.1, 0.15) is 5.82 Å². The van der Waals surface area contributed by atoms with Gasteiger partial charge in [-0.1, -0.05) is 17.8 Å². The third-order valence-corrected chi connectivity index (χ3v) is 4.23. The summed E-state index contributed by atoms with van der Waals surface area (Å²) in [5.74, 6) is 1.27. The number of thioether (sulfide) groups is 1. The summed E-state index contributed by atoms with van der Waals surface area (Å²) < 4.78 is 26.1. The Morgan fingerprint density at radius 1 is 1.45 bits per heavy atom. The lowest BCUT2D eigenvalue weighted by molar-refractivity contribution is 0.0678. The van der Waals surface area contributed by atoms with Crippen molar-refractivity contribution < 1.29 is 8.78 Å². The lowest BCUT2D eigenvalue weighted by atomic mass is 10.4. The molecule has 0 fully saturated rings. The monoisotopic (exact) mass is 313 g/mol. The zero-order valence-electron chi connectivity index (χ0n) is 10.0. The molecule has 0 saturated heterocycles. The molecular formula is C11H9F2N5S2. The Bertz CT molecular complexity index is 677. The molecule has 3 aromatic heterocycles. The molecule has 9 heteroatoms. The third-order valence-electron chi connectivity index (χ3n) is 2.51. The molecule has 0 aliphatic heterocycles. The van der Waals surface area contributed by atoms with Crippen molar-refractivity contribution in [3.05, 3.63) is 35.7 Å². The van der Waals surface area contributed by atoms with E-state index in [0.717, 1.165) is 9.44 Å². The zero-order chi connectivity index (χ0) is 13.9. The minimum absolute atomic E-state index is 0.291. The molecule has 0 aliphatic carbocycles. The minimum Gasteiger partial charge on any atom is -0.277 e. The van der Waals surface area contributed by atoms with Gasteiger partial charge in [0.25, 0.3) is 0 Å². The van der Waals surface area contributed by atoms with E-state index in [1.807, 2.05) is 17.5 Å². The van der Waals surface area contributed by atoms with Crippen molar-refractivity contribution in [2.45, 2.75) is 17.5 Å². The summed E-state index contributed by atoms with van der Waals surface area (Å²) in [7, 11) is 0. The molecule has 104 valence electrons. The normalized spacial score (nSPS) is 11.3. The predicted molar refractivity (Wildman–Crippen MR) is 72.7 cm³/mol. The average Bonchev–Trinajstić information content (AvgIpc) is 3.16. The number of thiophene rings is 1. The van der Waals surface area contributed by atoms with E-state index in [1.54, 1.807) is 11.3 Å². The highest BCUT2D eigenvalue weighted by Crippen LogP contribution is 2.25. The van der Waals surface area contributed by atoms with Crippen LogP contribution in [-0.2, 0) is 5.75 Å². The Morgan fingerprint density at radius 3 is 3.10 bits per heavy atom. The van der Waals surface area contributed by atoms with E-state index < -0.39 is 6.55 Å². The lowest BCUT2D eigenvalue weighted by Gasteiger charge is -2.04. The smallest absolute Gasteiger partial charge is 0.277 e. The van der Waals surface area contributed by atoms with Gasteiger partial charge in [0.2, 0.25) is 5.16 Å². The fourth-order valence-electron chi connectivity index (χ4n) is 1.60. The van der Waals surface area contributed by atoms with Crippen LogP contribution in [0.1, 0.15) is 12.4 Å². The van der Waals surface area contributed by atoms with Crippen LogP contribution in [0.5, 0.6) is 0 Å². The van der Waals surface area contributed by atoms with Gasteiger partial charge in [-0.2, -0.15) is 8.78 Å². The van der Waals surface area contributed by atoms with Crippen LogP contribution < -0.4 is 0 Å². The van der Waals surface area contributed by atoms with Crippen LogP contribution in [0.3, 0.4) is 0 Å². The fourth-order valence-corrected chi connectivity index (χ4v) is 3.01. The van der Waals surface area contributed by atoms with E-state index in [-0.39, 0.29) is 0 Å². The molecular weight excluding hydrogens is 304 g/mol. The quantitative estimate of drug-likeness (QED) is 0.733. The Hall–Kier alpha value is -1.74. The van der Waals surface area contributed by atoms with Crippen LogP contribution in [0, 0.1) is 0 Å². The number of nitrogens with one attached hydrogen (secondary N) is 1. The maximum atomic E-state index is 12.7. The summed E-state index contributed by atoms with van der Waals surface area (Å²) >= 11 is 2.82. The standard InChI is InChI=1S/C11H9F2N5S2/c12-10(13)18-4-3-14-8(18)6-20-11-15-9(16-17-11)7-2-1-5-19-7/h1-5,10H,6H2,(H,15,16,17). The molecule has 0 radical (unpaired) electrons. The van der Waals surface area contributed by atoms with E-state index in [9.17, 15) is 8.78 Å². The first-order valence-corrected chi connectivity index (χ1v) is 7.49. The number of aromatic amines is 1. The van der Waals surface area contributed by atoms with Crippen molar-refractivity contribution in [2.24, 2.45) is 0 Å². The molecule has 0 aromatic carbocycles. The number of hydrogen-bond donors (Lipinski definition) is 1. The van der Waals surface area contributed by atoms with Crippen molar-refractivity contribution in [2.75, 3.05) is 0 Å². The van der Waals surface area contributed by atoms with Crippen LogP contribution >= 0.6 is 23.1 Å². The van der Waals surface area contributed by atoms with Crippen molar-refractivity contribution in [1.29, 1.82) is 0 Å². The van der Waals surface area contributed by atoms with Crippen molar-refractivity contribution in [3.63, 3.8) is 0 Å². The molecule has 0 unspecified atom stereocenters. The number of halogens is 2.